The minimum Gasteiger partial charge on any atom is -0.489 e. The highest BCUT2D eigenvalue weighted by molar-refractivity contribution is 5.86. The number of rotatable bonds is 14. The molecule has 0 amide bonds. The van der Waals surface area contributed by atoms with E-state index in [1.165, 1.54) is 11.1 Å². The van der Waals surface area contributed by atoms with Gasteiger partial charge in [0.05, 0.1) is 24.3 Å². The van der Waals surface area contributed by atoms with Gasteiger partial charge in [-0.15, -0.1) is 0 Å². The third kappa shape index (κ3) is 7.90. The van der Waals surface area contributed by atoms with Crippen molar-refractivity contribution >= 4 is 16.9 Å². The van der Waals surface area contributed by atoms with E-state index < -0.39 is 24.7 Å². The molecule has 1 aromatic heterocycles. The highest BCUT2D eigenvalue weighted by atomic mass is 16.5. The number of carbonyl (C=O) groups excluding carboxylic acids is 1. The molecule has 0 aliphatic heterocycles. The van der Waals surface area contributed by atoms with Crippen molar-refractivity contribution in [3.63, 3.8) is 0 Å². The number of hydrogen-bond acceptors (Lipinski definition) is 6. The standard InChI is InChI=1S/C36H38N2O5/c37-36(24-39,25-40)26-43-35(41)19-16-28-15-18-34-33(20-28)30(17-14-27-8-3-1-4-9-27)22-38(34)31-12-7-13-32(21-31)42-23-29-10-5-2-6-11-29/h1-13,15,18,20-22,39-40H,14,16-17,19,23-26,37H2. The van der Waals surface area contributed by atoms with Crippen molar-refractivity contribution in [3.8, 4) is 11.4 Å². The van der Waals surface area contributed by atoms with Crippen molar-refractivity contribution in [2.24, 2.45) is 5.73 Å². The molecule has 0 saturated heterocycles. The van der Waals surface area contributed by atoms with Gasteiger partial charge in [0.15, 0.2) is 0 Å². The molecule has 43 heavy (non-hydrogen) atoms. The number of fused-ring (bicyclic) bond motifs is 1. The summed E-state index contributed by atoms with van der Waals surface area (Å²) in [6.45, 7) is -0.688. The zero-order chi connectivity index (χ0) is 30.1. The Morgan fingerprint density at radius 1 is 0.767 bits per heavy atom. The number of esters is 1. The van der Waals surface area contributed by atoms with Crippen LogP contribution in [0.3, 0.4) is 0 Å². The van der Waals surface area contributed by atoms with E-state index >= 15 is 0 Å². The molecule has 0 saturated carbocycles. The van der Waals surface area contributed by atoms with E-state index in [0.717, 1.165) is 46.3 Å². The second kappa shape index (κ2) is 14.2. The average molecular weight is 579 g/mol. The highest BCUT2D eigenvalue weighted by Gasteiger charge is 2.25. The van der Waals surface area contributed by atoms with Gasteiger partial charge >= 0.3 is 5.97 Å². The number of aliphatic hydroxyl groups is 2. The van der Waals surface area contributed by atoms with E-state index in [1.807, 2.05) is 42.5 Å². The van der Waals surface area contributed by atoms with Crippen LogP contribution in [0.1, 0.15) is 28.7 Å². The van der Waals surface area contributed by atoms with Crippen LogP contribution in [-0.4, -0.2) is 46.1 Å². The molecule has 7 heteroatoms. The maximum Gasteiger partial charge on any atom is 0.306 e. The topological polar surface area (TPSA) is 107 Å². The molecule has 0 atom stereocenters. The summed E-state index contributed by atoms with van der Waals surface area (Å²) in [6.07, 6.45) is 4.64. The summed E-state index contributed by atoms with van der Waals surface area (Å²) in [7, 11) is 0. The summed E-state index contributed by atoms with van der Waals surface area (Å²) in [5.74, 6) is 0.374. The predicted octanol–water partition coefficient (Wildman–Crippen LogP) is 5.15. The largest absolute Gasteiger partial charge is 0.489 e. The van der Waals surface area contributed by atoms with Crippen molar-refractivity contribution in [2.75, 3.05) is 19.8 Å². The third-order valence-corrected chi connectivity index (χ3v) is 7.59. The summed E-state index contributed by atoms with van der Waals surface area (Å²) in [5, 5.41) is 19.8. The Bertz CT molecular complexity index is 1630. The summed E-state index contributed by atoms with van der Waals surface area (Å²) in [6, 6.07) is 35.0. The molecule has 0 aliphatic rings. The molecule has 222 valence electrons. The van der Waals surface area contributed by atoms with Gasteiger partial charge in [-0.2, -0.15) is 0 Å². The number of carbonyl (C=O) groups is 1. The van der Waals surface area contributed by atoms with Gasteiger partial charge in [-0.1, -0.05) is 72.8 Å². The van der Waals surface area contributed by atoms with Gasteiger partial charge in [0, 0.05) is 29.8 Å². The first-order valence-electron chi connectivity index (χ1n) is 14.6. The third-order valence-electron chi connectivity index (χ3n) is 7.59. The van der Waals surface area contributed by atoms with E-state index in [0.29, 0.717) is 13.0 Å². The zero-order valence-corrected chi connectivity index (χ0v) is 24.2. The van der Waals surface area contributed by atoms with Crippen molar-refractivity contribution in [2.45, 2.75) is 37.8 Å². The lowest BCUT2D eigenvalue weighted by Gasteiger charge is -2.23. The average Bonchev–Trinajstić information content (AvgIpc) is 3.43. The predicted molar refractivity (Wildman–Crippen MR) is 168 cm³/mol. The molecular weight excluding hydrogens is 540 g/mol. The van der Waals surface area contributed by atoms with Gasteiger partial charge in [-0.3, -0.25) is 4.79 Å². The molecule has 4 aromatic carbocycles. The number of aromatic nitrogens is 1. The minimum atomic E-state index is -1.34. The van der Waals surface area contributed by atoms with Gasteiger partial charge in [0.1, 0.15) is 19.0 Å². The number of aryl methyl sites for hydroxylation is 3. The van der Waals surface area contributed by atoms with Crippen LogP contribution in [0, 0.1) is 0 Å². The van der Waals surface area contributed by atoms with Crippen molar-refractivity contribution in [3.05, 3.63) is 132 Å². The molecule has 0 spiro atoms. The van der Waals surface area contributed by atoms with Crippen LogP contribution in [0.25, 0.3) is 16.6 Å². The van der Waals surface area contributed by atoms with E-state index in [4.69, 9.17) is 15.2 Å². The zero-order valence-electron chi connectivity index (χ0n) is 24.2. The van der Waals surface area contributed by atoms with Gasteiger partial charge in [0.2, 0.25) is 0 Å². The summed E-state index contributed by atoms with van der Waals surface area (Å²) in [4.78, 5) is 12.4. The van der Waals surface area contributed by atoms with E-state index in [2.05, 4.69) is 71.4 Å². The van der Waals surface area contributed by atoms with Crippen LogP contribution in [-0.2, 0) is 35.4 Å². The number of ether oxygens (including phenoxy) is 2. The molecule has 5 rings (SSSR count). The SMILES string of the molecule is NC(CO)(CO)COC(=O)CCc1ccc2c(c1)c(CCc1ccccc1)cn2-c1cccc(OCc2ccccc2)c1. The first-order valence-corrected chi connectivity index (χ1v) is 14.6. The Morgan fingerprint density at radius 3 is 2.21 bits per heavy atom. The molecule has 0 radical (unpaired) electrons. The number of hydrogen-bond donors (Lipinski definition) is 3. The van der Waals surface area contributed by atoms with Gasteiger partial charge in [0.25, 0.3) is 0 Å². The fourth-order valence-electron chi connectivity index (χ4n) is 4.99. The number of aliphatic hydroxyl groups excluding tert-OH is 2. The van der Waals surface area contributed by atoms with Crippen LogP contribution in [0.2, 0.25) is 0 Å². The first-order chi connectivity index (χ1) is 21.0. The first kappa shape index (κ1) is 30.0. The molecule has 0 unspecified atom stereocenters. The number of benzene rings is 4. The summed E-state index contributed by atoms with van der Waals surface area (Å²) >= 11 is 0. The van der Waals surface area contributed by atoms with Crippen LogP contribution in [0.4, 0.5) is 0 Å². The molecule has 0 fully saturated rings. The summed E-state index contributed by atoms with van der Waals surface area (Å²) < 4.78 is 13.5. The normalized spacial score (nSPS) is 11.5. The molecular formula is C36H38N2O5. The van der Waals surface area contributed by atoms with Crippen molar-refractivity contribution in [1.82, 2.24) is 4.57 Å². The Labute approximate surface area is 252 Å². The molecule has 7 nitrogen and oxygen atoms in total. The molecule has 0 bridgehead atoms. The molecule has 5 aromatic rings. The summed E-state index contributed by atoms with van der Waals surface area (Å²) in [5.41, 5.74) is 11.2. The number of nitrogens with two attached hydrogens (primary N) is 1. The van der Waals surface area contributed by atoms with Gasteiger partial charge < -0.3 is 30.0 Å². The van der Waals surface area contributed by atoms with E-state index in [1.54, 1.807) is 0 Å². The van der Waals surface area contributed by atoms with Crippen LogP contribution in [0.15, 0.2) is 109 Å². The fourth-order valence-corrected chi connectivity index (χ4v) is 4.99. The Morgan fingerprint density at radius 2 is 1.49 bits per heavy atom. The Hall–Kier alpha value is -4.43. The second-order valence-corrected chi connectivity index (χ2v) is 11.0. The lowest BCUT2D eigenvalue weighted by Crippen LogP contribution is -2.51. The molecule has 4 N–H and O–H groups in total. The quantitative estimate of drug-likeness (QED) is 0.157. The molecule has 1 heterocycles. The van der Waals surface area contributed by atoms with Gasteiger partial charge in [-0.25, -0.2) is 0 Å². The minimum absolute atomic E-state index is 0.166. The fraction of sp³-hybridized carbons (Fsp3) is 0.250. The lowest BCUT2D eigenvalue weighted by atomic mass is 10.0. The monoisotopic (exact) mass is 578 g/mol. The Kier molecular flexibility index (Phi) is 9.89. The lowest BCUT2D eigenvalue weighted by molar-refractivity contribution is -0.146. The Balaban J connectivity index is 1.37. The van der Waals surface area contributed by atoms with Gasteiger partial charge in [-0.05, 0) is 65.8 Å². The van der Waals surface area contributed by atoms with Crippen molar-refractivity contribution < 1.29 is 24.5 Å². The smallest absolute Gasteiger partial charge is 0.306 e. The van der Waals surface area contributed by atoms with E-state index in [-0.39, 0.29) is 13.0 Å². The molecule has 0 aliphatic carbocycles. The highest BCUT2D eigenvalue weighted by Crippen LogP contribution is 2.29. The van der Waals surface area contributed by atoms with Crippen LogP contribution < -0.4 is 10.5 Å². The second-order valence-electron chi connectivity index (χ2n) is 11.0. The maximum absolute atomic E-state index is 12.4. The maximum atomic E-state index is 12.4. The van der Waals surface area contributed by atoms with Crippen LogP contribution in [0.5, 0.6) is 5.75 Å². The van der Waals surface area contributed by atoms with Crippen LogP contribution >= 0.6 is 0 Å². The van der Waals surface area contributed by atoms with Crippen molar-refractivity contribution in [1.29, 1.82) is 0 Å². The number of nitrogens with zero attached hydrogens (tertiary/aromatic N) is 1. The van der Waals surface area contributed by atoms with E-state index in [9.17, 15) is 15.0 Å².